The van der Waals surface area contributed by atoms with Crippen molar-refractivity contribution >= 4 is 5.97 Å². The summed E-state index contributed by atoms with van der Waals surface area (Å²) in [6, 6.07) is 0. The molecule has 0 bridgehead atoms. The largest absolute Gasteiger partial charge is 0.478 e. The van der Waals surface area contributed by atoms with E-state index in [-0.39, 0.29) is 11.3 Å². The summed E-state index contributed by atoms with van der Waals surface area (Å²) in [5, 5.41) is 19.9. The van der Waals surface area contributed by atoms with Crippen molar-refractivity contribution in [1.29, 1.82) is 0 Å². The lowest BCUT2D eigenvalue weighted by Gasteiger charge is -2.60. The third kappa shape index (κ3) is 3.55. The van der Waals surface area contributed by atoms with Crippen LogP contribution in [0.3, 0.4) is 0 Å². The van der Waals surface area contributed by atoms with Crippen LogP contribution in [0, 0.1) is 22.7 Å². The summed E-state index contributed by atoms with van der Waals surface area (Å²) in [6.45, 7) is 10.8. The molecule has 130 valence electrons. The van der Waals surface area contributed by atoms with E-state index in [1.165, 1.54) is 18.9 Å². The fraction of sp³-hybridized carbons (Fsp3) is 0.750. The molecule has 0 saturated heterocycles. The van der Waals surface area contributed by atoms with Crippen LogP contribution in [-0.2, 0) is 4.79 Å². The van der Waals surface area contributed by atoms with Crippen LogP contribution in [0.15, 0.2) is 23.8 Å². The molecule has 0 aromatic carbocycles. The minimum atomic E-state index is -0.926. The molecule has 3 heteroatoms. The van der Waals surface area contributed by atoms with E-state index in [1.807, 2.05) is 13.0 Å². The molecule has 2 saturated carbocycles. The highest BCUT2D eigenvalue weighted by Gasteiger charge is 2.57. The molecule has 0 aliphatic heterocycles. The fourth-order valence-electron chi connectivity index (χ4n) is 5.48. The van der Waals surface area contributed by atoms with E-state index in [0.717, 1.165) is 19.3 Å². The van der Waals surface area contributed by atoms with Crippen molar-refractivity contribution in [1.82, 2.24) is 0 Å². The summed E-state index contributed by atoms with van der Waals surface area (Å²) in [4.78, 5) is 10.8. The van der Waals surface area contributed by atoms with Crippen molar-refractivity contribution in [3.8, 4) is 0 Å². The lowest BCUT2D eigenvalue weighted by molar-refractivity contribution is -0.149. The zero-order valence-electron chi connectivity index (χ0n) is 15.2. The second kappa shape index (κ2) is 6.08. The smallest absolute Gasteiger partial charge is 0.328 e. The number of carbonyl (C=O) groups is 1. The number of carboxylic acids is 1. The van der Waals surface area contributed by atoms with Gasteiger partial charge in [-0.05, 0) is 61.9 Å². The predicted molar refractivity (Wildman–Crippen MR) is 93.1 cm³/mol. The van der Waals surface area contributed by atoms with E-state index >= 15 is 0 Å². The highest BCUT2D eigenvalue weighted by atomic mass is 16.4. The first-order chi connectivity index (χ1) is 10.5. The number of rotatable bonds is 3. The monoisotopic (exact) mass is 320 g/mol. The molecule has 0 aromatic rings. The van der Waals surface area contributed by atoms with Crippen LogP contribution >= 0.6 is 0 Å². The van der Waals surface area contributed by atoms with Crippen LogP contribution in [0.2, 0.25) is 0 Å². The Balaban J connectivity index is 2.37. The Labute approximate surface area is 140 Å². The number of hydrogen-bond donors (Lipinski definition) is 2. The standard InChI is InChI=1S/C20H32O3/c1-14(13-17(21)22)7-8-16-19(4)11-6-10-18(2,3)15(19)9-12-20(16,5)23/h7-8,13,15-16,23H,6,9-12H2,1-5H3,(H,21,22)/b8-7+,14-13+/t15-,16+,19-,20+/m0/s1. The summed E-state index contributed by atoms with van der Waals surface area (Å²) in [5.74, 6) is -0.265. The first-order valence-corrected chi connectivity index (χ1v) is 8.81. The normalized spacial score (nSPS) is 40.9. The van der Waals surface area contributed by atoms with Gasteiger partial charge in [-0.3, -0.25) is 0 Å². The zero-order valence-corrected chi connectivity index (χ0v) is 15.2. The number of allylic oxidation sites excluding steroid dienone is 2. The van der Waals surface area contributed by atoms with Crippen molar-refractivity contribution in [2.24, 2.45) is 22.7 Å². The van der Waals surface area contributed by atoms with Crippen molar-refractivity contribution in [3.05, 3.63) is 23.8 Å². The molecule has 0 amide bonds. The van der Waals surface area contributed by atoms with E-state index in [0.29, 0.717) is 16.9 Å². The molecule has 0 spiro atoms. The molecule has 2 aliphatic rings. The summed E-state index contributed by atoms with van der Waals surface area (Å²) in [6.07, 6.45) is 10.6. The third-order valence-electron chi connectivity index (χ3n) is 6.50. The summed E-state index contributed by atoms with van der Waals surface area (Å²) < 4.78 is 0. The van der Waals surface area contributed by atoms with E-state index in [1.54, 1.807) is 6.92 Å². The Morgan fingerprint density at radius 2 is 1.78 bits per heavy atom. The van der Waals surface area contributed by atoms with Gasteiger partial charge in [0, 0.05) is 12.0 Å². The summed E-state index contributed by atoms with van der Waals surface area (Å²) in [7, 11) is 0. The van der Waals surface area contributed by atoms with Gasteiger partial charge in [-0.2, -0.15) is 0 Å². The highest BCUT2D eigenvalue weighted by Crippen LogP contribution is 2.62. The highest BCUT2D eigenvalue weighted by molar-refractivity contribution is 5.81. The molecule has 0 aromatic heterocycles. The molecule has 2 rings (SSSR count). The second-order valence-electron chi connectivity index (χ2n) is 8.86. The van der Waals surface area contributed by atoms with E-state index in [9.17, 15) is 9.90 Å². The van der Waals surface area contributed by atoms with Gasteiger partial charge in [-0.25, -0.2) is 4.79 Å². The van der Waals surface area contributed by atoms with Gasteiger partial charge in [-0.1, -0.05) is 39.3 Å². The van der Waals surface area contributed by atoms with Crippen LogP contribution in [0.25, 0.3) is 0 Å². The molecular weight excluding hydrogens is 288 g/mol. The minimum Gasteiger partial charge on any atom is -0.478 e. The van der Waals surface area contributed by atoms with Crippen molar-refractivity contribution in [3.63, 3.8) is 0 Å². The summed E-state index contributed by atoms with van der Waals surface area (Å²) >= 11 is 0. The number of fused-ring (bicyclic) bond motifs is 1. The van der Waals surface area contributed by atoms with E-state index < -0.39 is 11.6 Å². The number of aliphatic carboxylic acids is 1. The SMILES string of the molecule is CC(/C=C/[C@@H]1[C@@]2(C)CCCC(C)(C)[C@@H]2CC[C@@]1(C)O)=C\C(=O)O. The van der Waals surface area contributed by atoms with Crippen molar-refractivity contribution < 1.29 is 15.0 Å². The first kappa shape index (κ1) is 18.3. The quantitative estimate of drug-likeness (QED) is 0.591. The average molecular weight is 320 g/mol. The number of aliphatic hydroxyl groups is 1. The first-order valence-electron chi connectivity index (χ1n) is 8.81. The maximum atomic E-state index is 11.0. The maximum Gasteiger partial charge on any atom is 0.328 e. The van der Waals surface area contributed by atoms with E-state index in [2.05, 4.69) is 26.8 Å². The third-order valence-corrected chi connectivity index (χ3v) is 6.50. The number of hydrogen-bond acceptors (Lipinski definition) is 2. The maximum absolute atomic E-state index is 11.0. The number of carboxylic acid groups (broad SMARTS) is 1. The summed E-state index contributed by atoms with van der Waals surface area (Å²) in [5.41, 5.74) is 0.373. The molecule has 2 N–H and O–H groups in total. The Bertz CT molecular complexity index is 527. The van der Waals surface area contributed by atoms with Crippen molar-refractivity contribution in [2.75, 3.05) is 0 Å². The second-order valence-corrected chi connectivity index (χ2v) is 8.86. The average Bonchev–Trinajstić information content (AvgIpc) is 2.34. The molecule has 0 radical (unpaired) electrons. The molecule has 0 unspecified atom stereocenters. The van der Waals surface area contributed by atoms with Gasteiger partial charge in [0.05, 0.1) is 5.60 Å². The van der Waals surface area contributed by atoms with Gasteiger partial charge in [0.1, 0.15) is 0 Å². The van der Waals surface area contributed by atoms with Crippen LogP contribution in [0.5, 0.6) is 0 Å². The van der Waals surface area contributed by atoms with Crippen molar-refractivity contribution in [2.45, 2.75) is 72.3 Å². The molecule has 3 nitrogen and oxygen atoms in total. The molecule has 2 fully saturated rings. The lowest BCUT2D eigenvalue weighted by atomic mass is 9.45. The molecule has 4 atom stereocenters. The van der Waals surface area contributed by atoms with E-state index in [4.69, 9.17) is 5.11 Å². The van der Waals surface area contributed by atoms with Gasteiger partial charge < -0.3 is 10.2 Å². The van der Waals surface area contributed by atoms with Crippen LogP contribution in [0.4, 0.5) is 0 Å². The van der Waals surface area contributed by atoms with Crippen LogP contribution in [0.1, 0.15) is 66.7 Å². The molecule has 23 heavy (non-hydrogen) atoms. The predicted octanol–water partition coefficient (Wildman–Crippen LogP) is 4.57. The Hall–Kier alpha value is -1.09. The Morgan fingerprint density at radius 3 is 2.39 bits per heavy atom. The lowest BCUT2D eigenvalue weighted by Crippen LogP contribution is -2.56. The molecular formula is C20H32O3. The van der Waals surface area contributed by atoms with Gasteiger partial charge in [0.15, 0.2) is 0 Å². The van der Waals surface area contributed by atoms with Gasteiger partial charge in [-0.15, -0.1) is 0 Å². The fourth-order valence-corrected chi connectivity index (χ4v) is 5.48. The minimum absolute atomic E-state index is 0.0606. The Kier molecular flexibility index (Phi) is 4.83. The Morgan fingerprint density at radius 1 is 1.13 bits per heavy atom. The molecule has 0 heterocycles. The van der Waals surface area contributed by atoms with Crippen LogP contribution < -0.4 is 0 Å². The van der Waals surface area contributed by atoms with Gasteiger partial charge >= 0.3 is 5.97 Å². The van der Waals surface area contributed by atoms with Crippen LogP contribution in [-0.4, -0.2) is 21.8 Å². The van der Waals surface area contributed by atoms with Gasteiger partial charge in [0.2, 0.25) is 0 Å². The zero-order chi connectivity index (χ0) is 17.5. The molecule has 2 aliphatic carbocycles. The van der Waals surface area contributed by atoms with Gasteiger partial charge in [0.25, 0.3) is 0 Å². The topological polar surface area (TPSA) is 57.5 Å².